The fourth-order valence-corrected chi connectivity index (χ4v) is 4.70. The Morgan fingerprint density at radius 2 is 2.07 bits per heavy atom. The summed E-state index contributed by atoms with van der Waals surface area (Å²) in [6.45, 7) is 2.24. The molecule has 2 aliphatic heterocycles. The van der Waals surface area contributed by atoms with Crippen LogP contribution in [0.1, 0.15) is 18.1 Å². The van der Waals surface area contributed by atoms with Gasteiger partial charge in [-0.3, -0.25) is 4.79 Å². The number of ether oxygens (including phenoxy) is 2. The van der Waals surface area contributed by atoms with E-state index in [0.717, 1.165) is 17.5 Å². The number of nitrogens with zero attached hydrogens (tertiary/aromatic N) is 3. The lowest BCUT2D eigenvalue weighted by Gasteiger charge is -2.22. The second-order valence-electron chi connectivity index (χ2n) is 7.09. The zero-order valence-corrected chi connectivity index (χ0v) is 16.5. The number of fused-ring (bicyclic) bond motifs is 3. The number of amides is 1. The van der Waals surface area contributed by atoms with E-state index in [4.69, 9.17) is 9.47 Å². The molecule has 0 fully saturated rings. The summed E-state index contributed by atoms with van der Waals surface area (Å²) in [7, 11) is 0. The number of anilines is 1. The Hall–Kier alpha value is -3.24. The van der Waals surface area contributed by atoms with Crippen molar-refractivity contribution >= 4 is 34.3 Å². The summed E-state index contributed by atoms with van der Waals surface area (Å²) in [5, 5.41) is 10.9. The highest BCUT2D eigenvalue weighted by Crippen LogP contribution is 2.37. The molecule has 6 nitrogen and oxygen atoms in total. The summed E-state index contributed by atoms with van der Waals surface area (Å²) < 4.78 is 10.8. The summed E-state index contributed by atoms with van der Waals surface area (Å²) in [5.74, 6) is 1.53. The van der Waals surface area contributed by atoms with E-state index in [1.54, 1.807) is 6.07 Å². The van der Waals surface area contributed by atoms with E-state index in [0.29, 0.717) is 27.6 Å². The molecule has 2 aromatic carbocycles. The monoisotopic (exact) mass is 403 g/mol. The van der Waals surface area contributed by atoms with Gasteiger partial charge in [0.1, 0.15) is 11.1 Å². The Morgan fingerprint density at radius 1 is 1.28 bits per heavy atom. The summed E-state index contributed by atoms with van der Waals surface area (Å²) in [6.07, 6.45) is 0.859. The second-order valence-corrected chi connectivity index (χ2v) is 8.05. The van der Waals surface area contributed by atoms with Crippen molar-refractivity contribution < 1.29 is 14.3 Å². The van der Waals surface area contributed by atoms with Gasteiger partial charge in [0.05, 0.1) is 16.8 Å². The lowest BCUT2D eigenvalue weighted by Crippen LogP contribution is -2.37. The molecule has 0 saturated carbocycles. The van der Waals surface area contributed by atoms with Crippen LogP contribution >= 0.6 is 11.8 Å². The maximum Gasteiger partial charge on any atom is 0.237 e. The van der Waals surface area contributed by atoms with Crippen LogP contribution in [0, 0.1) is 11.3 Å². The molecular formula is C22H17N3O3S. The van der Waals surface area contributed by atoms with Crippen LogP contribution in [0.4, 0.5) is 5.69 Å². The van der Waals surface area contributed by atoms with Crippen LogP contribution in [-0.4, -0.2) is 29.5 Å². The number of carbonyl (C=O) groups is 1. The standard InChI is InChI=1S/C22H17N3O3S/c1-13-6-14-4-2-3-5-18(14)25(13)21(26)11-29-22-16(10-23)7-15-8-19-20(28-12-27-19)9-17(15)24-22/h2-5,7-9,13H,6,11-12H2,1H3/t13-/m1/s1. The molecule has 144 valence electrons. The van der Waals surface area contributed by atoms with Gasteiger partial charge in [0.25, 0.3) is 0 Å². The third kappa shape index (κ3) is 3.06. The highest BCUT2D eigenvalue weighted by molar-refractivity contribution is 8.00. The van der Waals surface area contributed by atoms with Crippen LogP contribution in [0.15, 0.2) is 47.5 Å². The van der Waals surface area contributed by atoms with Gasteiger partial charge in [0, 0.05) is 23.2 Å². The first-order chi connectivity index (χ1) is 14.1. The van der Waals surface area contributed by atoms with Crippen LogP contribution in [0.5, 0.6) is 11.5 Å². The van der Waals surface area contributed by atoms with Gasteiger partial charge in [0.15, 0.2) is 11.5 Å². The highest BCUT2D eigenvalue weighted by Gasteiger charge is 2.30. The maximum absolute atomic E-state index is 13.0. The number of hydrogen-bond acceptors (Lipinski definition) is 6. The summed E-state index contributed by atoms with van der Waals surface area (Å²) in [4.78, 5) is 19.4. The zero-order valence-electron chi connectivity index (χ0n) is 15.7. The maximum atomic E-state index is 13.0. The number of pyridine rings is 1. The minimum absolute atomic E-state index is 0.0175. The van der Waals surface area contributed by atoms with Crippen molar-refractivity contribution in [3.63, 3.8) is 0 Å². The smallest absolute Gasteiger partial charge is 0.237 e. The molecule has 1 atom stereocenters. The molecule has 3 heterocycles. The Kier molecular flexibility index (Phi) is 4.29. The number of rotatable bonds is 3. The van der Waals surface area contributed by atoms with Crippen LogP contribution in [-0.2, 0) is 11.2 Å². The molecule has 3 aromatic rings. The third-order valence-electron chi connectivity index (χ3n) is 5.20. The SMILES string of the molecule is C[C@@H]1Cc2ccccc2N1C(=O)CSc1nc2cc3c(cc2cc1C#N)OCO3. The highest BCUT2D eigenvalue weighted by atomic mass is 32.2. The average molecular weight is 403 g/mol. The lowest BCUT2D eigenvalue weighted by atomic mass is 10.1. The molecule has 0 saturated heterocycles. The van der Waals surface area contributed by atoms with Crippen LogP contribution in [0.25, 0.3) is 10.9 Å². The molecule has 29 heavy (non-hydrogen) atoms. The van der Waals surface area contributed by atoms with Crippen molar-refractivity contribution in [2.75, 3.05) is 17.4 Å². The Bertz CT molecular complexity index is 1190. The Labute approximate surface area is 172 Å². The van der Waals surface area contributed by atoms with E-state index in [1.807, 2.05) is 35.2 Å². The molecule has 2 aliphatic rings. The van der Waals surface area contributed by atoms with E-state index < -0.39 is 0 Å². The molecule has 0 spiro atoms. The van der Waals surface area contributed by atoms with E-state index in [2.05, 4.69) is 24.0 Å². The largest absolute Gasteiger partial charge is 0.454 e. The number of carbonyl (C=O) groups excluding carboxylic acids is 1. The first-order valence-corrected chi connectivity index (χ1v) is 10.3. The molecule has 7 heteroatoms. The van der Waals surface area contributed by atoms with Crippen LogP contribution in [0.3, 0.4) is 0 Å². The number of thioether (sulfide) groups is 1. The molecule has 0 unspecified atom stereocenters. The number of nitriles is 1. The van der Waals surface area contributed by atoms with Gasteiger partial charge >= 0.3 is 0 Å². The molecule has 0 N–H and O–H groups in total. The molecule has 1 amide bonds. The fourth-order valence-electron chi connectivity index (χ4n) is 3.88. The first kappa shape index (κ1) is 17.8. The lowest BCUT2D eigenvalue weighted by molar-refractivity contribution is -0.116. The van der Waals surface area contributed by atoms with E-state index >= 15 is 0 Å². The summed E-state index contributed by atoms with van der Waals surface area (Å²) in [5.41, 5.74) is 3.33. The first-order valence-electron chi connectivity index (χ1n) is 9.31. The van der Waals surface area contributed by atoms with Crippen molar-refractivity contribution in [1.29, 1.82) is 5.26 Å². The molecule has 1 aromatic heterocycles. The topological polar surface area (TPSA) is 75.5 Å². The normalized spacial score (nSPS) is 16.7. The average Bonchev–Trinajstić information content (AvgIpc) is 3.32. The second kappa shape index (κ2) is 6.98. The zero-order chi connectivity index (χ0) is 20.0. The number of hydrogen-bond donors (Lipinski definition) is 0. The van der Waals surface area contributed by atoms with Crippen molar-refractivity contribution in [1.82, 2.24) is 4.98 Å². The summed E-state index contributed by atoms with van der Waals surface area (Å²) >= 11 is 1.29. The van der Waals surface area contributed by atoms with Gasteiger partial charge in [-0.2, -0.15) is 5.26 Å². The number of para-hydroxylation sites is 1. The third-order valence-corrected chi connectivity index (χ3v) is 6.18. The van der Waals surface area contributed by atoms with E-state index in [-0.39, 0.29) is 24.5 Å². The van der Waals surface area contributed by atoms with Gasteiger partial charge in [0.2, 0.25) is 12.7 Å². The van der Waals surface area contributed by atoms with Crippen molar-refractivity contribution in [3.05, 3.63) is 53.6 Å². The quantitative estimate of drug-likeness (QED) is 0.618. The predicted molar refractivity (Wildman–Crippen MR) is 110 cm³/mol. The van der Waals surface area contributed by atoms with Crippen molar-refractivity contribution in [2.24, 2.45) is 0 Å². The molecular weight excluding hydrogens is 386 g/mol. The van der Waals surface area contributed by atoms with Gasteiger partial charge < -0.3 is 14.4 Å². The van der Waals surface area contributed by atoms with Gasteiger partial charge in [-0.05, 0) is 37.1 Å². The van der Waals surface area contributed by atoms with Gasteiger partial charge in [-0.1, -0.05) is 30.0 Å². The molecule has 0 radical (unpaired) electrons. The van der Waals surface area contributed by atoms with Gasteiger partial charge in [-0.15, -0.1) is 0 Å². The minimum Gasteiger partial charge on any atom is -0.454 e. The van der Waals surface area contributed by atoms with Crippen LogP contribution < -0.4 is 14.4 Å². The number of benzene rings is 2. The van der Waals surface area contributed by atoms with Crippen molar-refractivity contribution in [3.8, 4) is 17.6 Å². The molecule has 5 rings (SSSR count). The van der Waals surface area contributed by atoms with Crippen LogP contribution in [0.2, 0.25) is 0 Å². The number of aromatic nitrogens is 1. The predicted octanol–water partition coefficient (Wildman–Crippen LogP) is 3.91. The molecule has 0 aliphatic carbocycles. The minimum atomic E-state index is 0.0175. The van der Waals surface area contributed by atoms with E-state index in [9.17, 15) is 10.1 Å². The fraction of sp³-hybridized carbons (Fsp3) is 0.227. The Balaban J connectivity index is 1.41. The summed E-state index contributed by atoms with van der Waals surface area (Å²) in [6, 6.07) is 15.7. The molecule has 0 bridgehead atoms. The Morgan fingerprint density at radius 3 is 2.90 bits per heavy atom. The van der Waals surface area contributed by atoms with Crippen molar-refractivity contribution in [2.45, 2.75) is 24.4 Å². The van der Waals surface area contributed by atoms with E-state index in [1.165, 1.54) is 17.3 Å². The van der Waals surface area contributed by atoms with Gasteiger partial charge in [-0.25, -0.2) is 4.98 Å².